The molecular weight excluding hydrogens is 259 g/mol. The van der Waals surface area contributed by atoms with Crippen LogP contribution in [0.4, 0.5) is 10.1 Å². The Morgan fingerprint density at radius 3 is 2.50 bits per heavy atom. The smallest absolute Gasteiger partial charge is 0.243 e. The van der Waals surface area contributed by atoms with Gasteiger partial charge >= 0.3 is 0 Å². The molecule has 18 heavy (non-hydrogen) atoms. The van der Waals surface area contributed by atoms with Gasteiger partial charge in [0.15, 0.2) is 0 Å². The Morgan fingerprint density at radius 2 is 2.06 bits per heavy atom. The van der Waals surface area contributed by atoms with E-state index < -0.39 is 26.8 Å². The molecule has 0 aliphatic carbocycles. The number of nitrogen functional groups attached to an aromatic ring is 1. The highest BCUT2D eigenvalue weighted by molar-refractivity contribution is 7.89. The van der Waals surface area contributed by atoms with E-state index in [0.29, 0.717) is 0 Å². The summed E-state index contributed by atoms with van der Waals surface area (Å²) in [4.78, 5) is -0.476. The number of nitrogens with one attached hydrogen (secondary N) is 1. The van der Waals surface area contributed by atoms with Crippen LogP contribution < -0.4 is 10.5 Å². The van der Waals surface area contributed by atoms with Gasteiger partial charge in [0.25, 0.3) is 0 Å². The molecule has 1 unspecified atom stereocenters. The van der Waals surface area contributed by atoms with Crippen molar-refractivity contribution in [1.29, 1.82) is 0 Å². The topological polar surface area (TPSA) is 92.4 Å². The third-order valence-corrected chi connectivity index (χ3v) is 4.08. The van der Waals surface area contributed by atoms with Crippen molar-refractivity contribution in [2.45, 2.75) is 24.8 Å². The fourth-order valence-corrected chi connectivity index (χ4v) is 2.82. The summed E-state index contributed by atoms with van der Waals surface area (Å²) in [5, 5.41) is 9.08. The zero-order valence-corrected chi connectivity index (χ0v) is 11.0. The highest BCUT2D eigenvalue weighted by atomic mass is 32.2. The molecule has 0 saturated carbocycles. The van der Waals surface area contributed by atoms with Gasteiger partial charge in [-0.05, 0) is 24.1 Å². The van der Waals surface area contributed by atoms with Crippen LogP contribution in [0.2, 0.25) is 0 Å². The van der Waals surface area contributed by atoms with Crippen LogP contribution in [-0.2, 0) is 10.0 Å². The third-order valence-electron chi connectivity index (χ3n) is 2.55. The summed E-state index contributed by atoms with van der Waals surface area (Å²) in [6.07, 6.45) is 0. The summed E-state index contributed by atoms with van der Waals surface area (Å²) in [6, 6.07) is 2.69. The minimum atomic E-state index is -4.00. The van der Waals surface area contributed by atoms with Gasteiger partial charge in [-0.1, -0.05) is 13.8 Å². The van der Waals surface area contributed by atoms with Crippen molar-refractivity contribution in [3.63, 3.8) is 0 Å². The molecule has 1 rings (SSSR count). The van der Waals surface area contributed by atoms with E-state index >= 15 is 0 Å². The van der Waals surface area contributed by atoms with Crippen molar-refractivity contribution in [3.8, 4) is 0 Å². The molecule has 0 spiro atoms. The molecule has 0 bridgehead atoms. The van der Waals surface area contributed by atoms with E-state index in [2.05, 4.69) is 4.72 Å². The monoisotopic (exact) mass is 276 g/mol. The van der Waals surface area contributed by atoms with Gasteiger partial charge in [0.2, 0.25) is 10.0 Å². The van der Waals surface area contributed by atoms with Gasteiger partial charge in [-0.15, -0.1) is 0 Å². The van der Waals surface area contributed by atoms with Crippen molar-refractivity contribution in [1.82, 2.24) is 4.72 Å². The molecule has 0 amide bonds. The SMILES string of the molecule is CC(C)C(CO)NS(=O)(=O)c1ccc(N)cc1F. The number of hydrogen-bond acceptors (Lipinski definition) is 4. The van der Waals surface area contributed by atoms with Crippen LogP contribution in [0.1, 0.15) is 13.8 Å². The summed E-state index contributed by atoms with van der Waals surface area (Å²) in [7, 11) is -4.00. The Morgan fingerprint density at radius 1 is 1.44 bits per heavy atom. The fourth-order valence-electron chi connectivity index (χ4n) is 1.38. The lowest BCUT2D eigenvalue weighted by Crippen LogP contribution is -2.41. The van der Waals surface area contributed by atoms with Crippen molar-refractivity contribution in [3.05, 3.63) is 24.0 Å². The quantitative estimate of drug-likeness (QED) is 0.690. The van der Waals surface area contributed by atoms with E-state index in [1.165, 1.54) is 6.07 Å². The molecule has 7 heteroatoms. The Bertz CT molecular complexity index is 517. The molecule has 0 aromatic heterocycles. The maximum atomic E-state index is 13.5. The first-order valence-corrected chi connectivity index (χ1v) is 6.94. The molecule has 0 aliphatic heterocycles. The van der Waals surface area contributed by atoms with Gasteiger partial charge in [0.05, 0.1) is 6.61 Å². The van der Waals surface area contributed by atoms with E-state index in [9.17, 15) is 12.8 Å². The standard InChI is InChI=1S/C11H17FN2O3S/c1-7(2)10(6-15)14-18(16,17)11-4-3-8(13)5-9(11)12/h3-5,7,10,14-15H,6,13H2,1-2H3. The summed E-state index contributed by atoms with van der Waals surface area (Å²) < 4.78 is 39.7. The maximum absolute atomic E-state index is 13.5. The summed E-state index contributed by atoms with van der Waals surface area (Å²) in [5.41, 5.74) is 5.50. The van der Waals surface area contributed by atoms with Gasteiger partial charge in [0.1, 0.15) is 10.7 Å². The lowest BCUT2D eigenvalue weighted by molar-refractivity contribution is 0.227. The van der Waals surface area contributed by atoms with Crippen LogP contribution in [-0.4, -0.2) is 26.2 Å². The van der Waals surface area contributed by atoms with E-state index in [1.807, 2.05) is 0 Å². The van der Waals surface area contributed by atoms with Gasteiger partial charge < -0.3 is 10.8 Å². The minimum Gasteiger partial charge on any atom is -0.399 e. The molecule has 1 aromatic rings. The van der Waals surface area contributed by atoms with Crippen LogP contribution in [0, 0.1) is 11.7 Å². The van der Waals surface area contributed by atoms with Crippen LogP contribution in [0.3, 0.4) is 0 Å². The number of benzene rings is 1. The van der Waals surface area contributed by atoms with Gasteiger partial charge in [-0.3, -0.25) is 0 Å². The molecule has 5 nitrogen and oxygen atoms in total. The molecule has 0 heterocycles. The zero-order chi connectivity index (χ0) is 13.9. The van der Waals surface area contributed by atoms with Crippen molar-refractivity contribution < 1.29 is 17.9 Å². The summed E-state index contributed by atoms with van der Waals surface area (Å²) in [6.45, 7) is 3.15. The number of hydrogen-bond donors (Lipinski definition) is 3. The first-order valence-electron chi connectivity index (χ1n) is 5.46. The van der Waals surface area contributed by atoms with Crippen molar-refractivity contribution in [2.24, 2.45) is 5.92 Å². The maximum Gasteiger partial charge on any atom is 0.243 e. The van der Waals surface area contributed by atoms with E-state index in [-0.39, 0.29) is 18.2 Å². The summed E-state index contributed by atoms with van der Waals surface area (Å²) >= 11 is 0. The number of halogens is 1. The number of anilines is 1. The second kappa shape index (κ2) is 5.64. The highest BCUT2D eigenvalue weighted by Crippen LogP contribution is 2.18. The van der Waals surface area contributed by atoms with E-state index in [1.54, 1.807) is 13.8 Å². The van der Waals surface area contributed by atoms with Crippen LogP contribution >= 0.6 is 0 Å². The molecule has 4 N–H and O–H groups in total. The van der Waals surface area contributed by atoms with Crippen LogP contribution in [0.25, 0.3) is 0 Å². The molecule has 1 atom stereocenters. The molecule has 1 aromatic carbocycles. The normalized spacial score (nSPS) is 13.8. The molecule has 102 valence electrons. The predicted molar refractivity (Wildman–Crippen MR) is 66.8 cm³/mol. The second-order valence-corrected chi connectivity index (χ2v) is 6.03. The number of aliphatic hydroxyl groups excluding tert-OH is 1. The van der Waals surface area contributed by atoms with Crippen molar-refractivity contribution in [2.75, 3.05) is 12.3 Å². The van der Waals surface area contributed by atoms with Gasteiger partial charge in [0, 0.05) is 11.7 Å². The lowest BCUT2D eigenvalue weighted by Gasteiger charge is -2.20. The minimum absolute atomic E-state index is 0.110. The predicted octanol–water partition coefficient (Wildman–Crippen LogP) is 0.703. The zero-order valence-electron chi connectivity index (χ0n) is 10.2. The van der Waals surface area contributed by atoms with Gasteiger partial charge in [-0.2, -0.15) is 0 Å². The lowest BCUT2D eigenvalue weighted by atomic mass is 10.1. The molecule has 0 saturated heterocycles. The number of aliphatic hydroxyl groups is 1. The average Bonchev–Trinajstić information content (AvgIpc) is 2.24. The Hall–Kier alpha value is -1.18. The number of rotatable bonds is 5. The number of nitrogens with two attached hydrogens (primary N) is 1. The molecule has 0 fully saturated rings. The second-order valence-electron chi connectivity index (χ2n) is 4.34. The first kappa shape index (κ1) is 14.9. The average molecular weight is 276 g/mol. The van der Waals surface area contributed by atoms with E-state index in [0.717, 1.165) is 12.1 Å². The van der Waals surface area contributed by atoms with Crippen molar-refractivity contribution >= 4 is 15.7 Å². The first-order chi connectivity index (χ1) is 8.27. The number of sulfonamides is 1. The Balaban J connectivity index is 3.06. The third kappa shape index (κ3) is 3.41. The molecule has 0 radical (unpaired) electrons. The highest BCUT2D eigenvalue weighted by Gasteiger charge is 2.24. The molecule has 0 aliphatic rings. The summed E-state index contributed by atoms with van der Waals surface area (Å²) in [5.74, 6) is -1.02. The Kier molecular flexibility index (Phi) is 4.66. The van der Waals surface area contributed by atoms with Crippen LogP contribution in [0.15, 0.2) is 23.1 Å². The van der Waals surface area contributed by atoms with E-state index in [4.69, 9.17) is 10.8 Å². The molecular formula is C11H17FN2O3S. The fraction of sp³-hybridized carbons (Fsp3) is 0.455. The Labute approximate surface area is 106 Å². The van der Waals surface area contributed by atoms with Gasteiger partial charge in [-0.25, -0.2) is 17.5 Å². The van der Waals surface area contributed by atoms with Crippen LogP contribution in [0.5, 0.6) is 0 Å². The largest absolute Gasteiger partial charge is 0.399 e.